The molecule has 0 saturated carbocycles. The molecule has 0 radical (unpaired) electrons. The second-order valence-corrected chi connectivity index (χ2v) is 10.5. The fourth-order valence-corrected chi connectivity index (χ4v) is 5.95. The van der Waals surface area contributed by atoms with Gasteiger partial charge in [0.15, 0.2) is 5.79 Å². The van der Waals surface area contributed by atoms with Crippen LogP contribution in [-0.4, -0.2) is 33.1 Å². The molecule has 0 aromatic rings. The normalized spacial score (nSPS) is 15.0. The predicted molar refractivity (Wildman–Crippen MR) is 147 cm³/mol. The van der Waals surface area contributed by atoms with E-state index in [0.29, 0.717) is 5.92 Å². The molecule has 2 unspecified atom stereocenters. The molecule has 0 fully saturated rings. The molecule has 0 aliphatic rings. The molecule has 2 atom stereocenters. The first-order chi connectivity index (χ1) is 16.0. The molecule has 0 heterocycles. The van der Waals surface area contributed by atoms with Gasteiger partial charge in [-0.1, -0.05) is 118 Å². The van der Waals surface area contributed by atoms with Crippen molar-refractivity contribution in [3.05, 3.63) is 0 Å². The summed E-state index contributed by atoms with van der Waals surface area (Å²) < 4.78 is 12.5. The van der Waals surface area contributed by atoms with E-state index in [-0.39, 0.29) is 5.41 Å². The highest BCUT2D eigenvalue weighted by molar-refractivity contribution is 4.97. The summed E-state index contributed by atoms with van der Waals surface area (Å²) in [5.41, 5.74) is 0.0572. The highest BCUT2D eigenvalue weighted by Gasteiger charge is 2.52. The zero-order chi connectivity index (χ0) is 24.8. The van der Waals surface area contributed by atoms with Crippen molar-refractivity contribution in [3.63, 3.8) is 0 Å². The van der Waals surface area contributed by atoms with Crippen LogP contribution in [0.4, 0.5) is 0 Å². The van der Waals surface area contributed by atoms with Gasteiger partial charge in [-0.15, -0.1) is 0 Å². The van der Waals surface area contributed by atoms with Gasteiger partial charge >= 0.3 is 0 Å². The summed E-state index contributed by atoms with van der Waals surface area (Å²) in [7, 11) is 3.73. The Morgan fingerprint density at radius 3 is 1.61 bits per heavy atom. The number of rotatable bonds is 25. The number of unbranched alkanes of at least 4 members (excludes halogenated alkanes) is 11. The highest BCUT2D eigenvalue weighted by atomic mass is 16.7. The lowest BCUT2D eigenvalue weighted by Crippen LogP contribution is -2.54. The SMILES string of the molecule is CCCCCCCCCCC(CCNCC)(C(CCC)CCCCCCC)C(C)(OC)OC. The van der Waals surface area contributed by atoms with Crippen LogP contribution < -0.4 is 5.32 Å². The minimum Gasteiger partial charge on any atom is -0.353 e. The van der Waals surface area contributed by atoms with E-state index in [2.05, 4.69) is 39.9 Å². The van der Waals surface area contributed by atoms with Crippen LogP contribution in [-0.2, 0) is 9.47 Å². The highest BCUT2D eigenvalue weighted by Crippen LogP contribution is 2.52. The number of nitrogens with one attached hydrogen (secondary N) is 1. The third-order valence-electron chi connectivity index (χ3n) is 8.23. The van der Waals surface area contributed by atoms with Crippen LogP contribution in [0.3, 0.4) is 0 Å². The summed E-state index contributed by atoms with van der Waals surface area (Å²) in [6.45, 7) is 13.5. The van der Waals surface area contributed by atoms with Crippen molar-refractivity contribution in [1.82, 2.24) is 5.32 Å². The minimum atomic E-state index is -0.535. The minimum absolute atomic E-state index is 0.0572. The monoisotopic (exact) mass is 469 g/mol. The Morgan fingerprint density at radius 1 is 0.606 bits per heavy atom. The molecule has 0 aliphatic carbocycles. The summed E-state index contributed by atoms with van der Waals surface area (Å²) >= 11 is 0. The van der Waals surface area contributed by atoms with Crippen LogP contribution in [0.15, 0.2) is 0 Å². The zero-order valence-electron chi connectivity index (χ0n) is 24.0. The lowest BCUT2D eigenvalue weighted by atomic mass is 9.61. The molecule has 0 bridgehead atoms. The predicted octanol–water partition coefficient (Wildman–Crippen LogP) is 9.29. The molecule has 0 saturated heterocycles. The Kier molecular flexibility index (Phi) is 21.1. The van der Waals surface area contributed by atoms with E-state index in [1.165, 1.54) is 109 Å². The van der Waals surface area contributed by atoms with Crippen LogP contribution in [0, 0.1) is 11.3 Å². The van der Waals surface area contributed by atoms with Crippen molar-refractivity contribution in [2.75, 3.05) is 27.3 Å². The molecule has 33 heavy (non-hydrogen) atoms. The number of methoxy groups -OCH3 is 2. The molecule has 3 heteroatoms. The summed E-state index contributed by atoms with van der Waals surface area (Å²) in [5, 5.41) is 3.62. The van der Waals surface area contributed by atoms with Gasteiger partial charge in [0.05, 0.1) is 0 Å². The molecule has 0 rings (SSSR count). The van der Waals surface area contributed by atoms with Crippen LogP contribution in [0.2, 0.25) is 0 Å². The third-order valence-corrected chi connectivity index (χ3v) is 8.23. The summed E-state index contributed by atoms with van der Waals surface area (Å²) in [6, 6.07) is 0. The number of hydrogen-bond acceptors (Lipinski definition) is 3. The maximum atomic E-state index is 6.23. The van der Waals surface area contributed by atoms with E-state index in [4.69, 9.17) is 9.47 Å². The van der Waals surface area contributed by atoms with Gasteiger partial charge in [-0.3, -0.25) is 0 Å². The van der Waals surface area contributed by atoms with Crippen LogP contribution in [0.5, 0.6) is 0 Å². The Morgan fingerprint density at radius 2 is 1.12 bits per heavy atom. The van der Waals surface area contributed by atoms with Gasteiger partial charge in [0, 0.05) is 19.6 Å². The molecule has 0 amide bonds. The van der Waals surface area contributed by atoms with Gasteiger partial charge in [0.2, 0.25) is 0 Å². The van der Waals surface area contributed by atoms with E-state index in [0.717, 1.165) is 19.5 Å². The Labute approximate surface area is 209 Å². The standard InChI is InChI=1S/C30H63NO2/c1-8-12-14-16-17-18-20-22-25-30(26-27-31-11-4,29(5,32-6)33-7)28(23-10-3)24-21-19-15-13-9-2/h28,31H,8-27H2,1-7H3. The second-order valence-electron chi connectivity index (χ2n) is 10.5. The number of hydrogen-bond donors (Lipinski definition) is 1. The van der Waals surface area contributed by atoms with E-state index < -0.39 is 5.79 Å². The molecular weight excluding hydrogens is 406 g/mol. The topological polar surface area (TPSA) is 30.5 Å². The first-order valence-electron chi connectivity index (χ1n) is 14.8. The molecule has 0 aromatic carbocycles. The zero-order valence-corrected chi connectivity index (χ0v) is 24.0. The second kappa shape index (κ2) is 21.2. The van der Waals surface area contributed by atoms with Crippen molar-refractivity contribution in [3.8, 4) is 0 Å². The van der Waals surface area contributed by atoms with E-state index in [1.807, 2.05) is 14.2 Å². The summed E-state index contributed by atoms with van der Waals surface area (Å²) in [4.78, 5) is 0. The molecule has 0 spiro atoms. The Bertz CT molecular complexity index is 410. The largest absolute Gasteiger partial charge is 0.353 e. The fourth-order valence-electron chi connectivity index (χ4n) is 5.95. The van der Waals surface area contributed by atoms with Crippen molar-refractivity contribution < 1.29 is 9.47 Å². The van der Waals surface area contributed by atoms with Gasteiger partial charge in [-0.05, 0) is 51.6 Å². The van der Waals surface area contributed by atoms with Crippen molar-refractivity contribution in [2.45, 2.75) is 156 Å². The molecule has 3 nitrogen and oxygen atoms in total. The lowest BCUT2D eigenvalue weighted by Gasteiger charge is -2.52. The first-order valence-corrected chi connectivity index (χ1v) is 14.8. The van der Waals surface area contributed by atoms with Gasteiger partial charge in [-0.2, -0.15) is 0 Å². The smallest absolute Gasteiger partial charge is 0.170 e. The van der Waals surface area contributed by atoms with E-state index in [9.17, 15) is 0 Å². The van der Waals surface area contributed by atoms with Crippen LogP contribution in [0.25, 0.3) is 0 Å². The van der Waals surface area contributed by atoms with Gasteiger partial charge < -0.3 is 14.8 Å². The summed E-state index contributed by atoms with van der Waals surface area (Å²) in [6.07, 6.45) is 23.9. The van der Waals surface area contributed by atoms with Crippen molar-refractivity contribution >= 4 is 0 Å². The van der Waals surface area contributed by atoms with Crippen molar-refractivity contribution in [1.29, 1.82) is 0 Å². The quantitative estimate of drug-likeness (QED) is 0.107. The fraction of sp³-hybridized carbons (Fsp3) is 1.00. The van der Waals surface area contributed by atoms with Gasteiger partial charge in [-0.25, -0.2) is 0 Å². The Hall–Kier alpha value is -0.120. The molecule has 0 aliphatic heterocycles. The van der Waals surface area contributed by atoms with Crippen LogP contribution in [0.1, 0.15) is 150 Å². The van der Waals surface area contributed by atoms with Crippen LogP contribution >= 0.6 is 0 Å². The maximum absolute atomic E-state index is 6.23. The first kappa shape index (κ1) is 32.9. The number of ether oxygens (including phenoxy) is 2. The lowest BCUT2D eigenvalue weighted by molar-refractivity contribution is -0.286. The molecule has 0 aromatic heterocycles. The average Bonchev–Trinajstić information content (AvgIpc) is 2.83. The molecule has 200 valence electrons. The van der Waals surface area contributed by atoms with Gasteiger partial charge in [0.1, 0.15) is 0 Å². The molecular formula is C30H63NO2. The third kappa shape index (κ3) is 12.4. The van der Waals surface area contributed by atoms with E-state index >= 15 is 0 Å². The maximum Gasteiger partial charge on any atom is 0.170 e. The van der Waals surface area contributed by atoms with Crippen molar-refractivity contribution in [2.24, 2.45) is 11.3 Å². The van der Waals surface area contributed by atoms with E-state index in [1.54, 1.807) is 0 Å². The summed E-state index contributed by atoms with van der Waals surface area (Å²) in [5.74, 6) is 0.115. The molecule has 1 N–H and O–H groups in total. The average molecular weight is 470 g/mol. The Balaban J connectivity index is 5.46. The van der Waals surface area contributed by atoms with Gasteiger partial charge in [0.25, 0.3) is 0 Å².